The number of anilines is 2. The molecule has 1 aliphatic heterocycles. The predicted molar refractivity (Wildman–Crippen MR) is 92.0 cm³/mol. The maximum atomic E-state index is 13.0. The number of ether oxygens (including phenoxy) is 1. The van der Waals surface area contributed by atoms with Gasteiger partial charge < -0.3 is 19.9 Å². The van der Waals surface area contributed by atoms with E-state index in [1.807, 2.05) is 14.1 Å². The third-order valence-corrected chi connectivity index (χ3v) is 3.88. The number of hydrogen-bond acceptors (Lipinski definition) is 5. The third-order valence-electron chi connectivity index (χ3n) is 3.88. The molecular weight excluding hydrogens is 325 g/mol. The standard InChI is InChI=1S/C17H20FN5O2/c1-22(2)16-19-9-14(10-20-16)21-17(24)23-7-8-25-15(11-23)12-3-5-13(18)6-4-12/h3-6,9-10,15H,7-8,11H2,1-2H3,(H,21,24)/t15-/m0/s1. The summed E-state index contributed by atoms with van der Waals surface area (Å²) in [6.45, 7) is 1.31. The molecule has 0 aliphatic carbocycles. The summed E-state index contributed by atoms with van der Waals surface area (Å²) in [6, 6.07) is 5.89. The van der Waals surface area contributed by atoms with Crippen LogP contribution in [0.2, 0.25) is 0 Å². The highest BCUT2D eigenvalue weighted by atomic mass is 19.1. The molecule has 8 heteroatoms. The number of nitrogens with one attached hydrogen (secondary N) is 1. The van der Waals surface area contributed by atoms with Crippen molar-refractivity contribution in [1.29, 1.82) is 0 Å². The summed E-state index contributed by atoms with van der Waals surface area (Å²) in [7, 11) is 3.69. The molecule has 132 valence electrons. The van der Waals surface area contributed by atoms with Gasteiger partial charge in [0.15, 0.2) is 0 Å². The molecule has 2 aromatic rings. The van der Waals surface area contributed by atoms with E-state index in [0.29, 0.717) is 31.3 Å². The molecule has 0 unspecified atom stereocenters. The summed E-state index contributed by atoms with van der Waals surface area (Å²) < 4.78 is 18.8. The van der Waals surface area contributed by atoms with Gasteiger partial charge in [0.25, 0.3) is 0 Å². The highest BCUT2D eigenvalue weighted by Gasteiger charge is 2.25. The Bertz CT molecular complexity index is 721. The first kappa shape index (κ1) is 17.1. The van der Waals surface area contributed by atoms with Crippen LogP contribution in [0.4, 0.5) is 20.8 Å². The maximum absolute atomic E-state index is 13.0. The van der Waals surface area contributed by atoms with E-state index in [4.69, 9.17) is 4.74 Å². The van der Waals surface area contributed by atoms with E-state index in [1.54, 1.807) is 34.3 Å². The molecule has 1 aromatic heterocycles. The van der Waals surface area contributed by atoms with Crippen LogP contribution in [0.15, 0.2) is 36.7 Å². The molecule has 2 amide bonds. The van der Waals surface area contributed by atoms with E-state index in [1.165, 1.54) is 12.1 Å². The SMILES string of the molecule is CN(C)c1ncc(NC(=O)N2CCO[C@H](c3ccc(F)cc3)C2)cn1. The molecule has 1 N–H and O–H groups in total. The Morgan fingerprint density at radius 2 is 1.96 bits per heavy atom. The number of urea groups is 1. The Kier molecular flexibility index (Phi) is 5.08. The lowest BCUT2D eigenvalue weighted by Gasteiger charge is -2.33. The van der Waals surface area contributed by atoms with E-state index in [0.717, 1.165) is 5.56 Å². The lowest BCUT2D eigenvalue weighted by Crippen LogP contribution is -2.44. The van der Waals surface area contributed by atoms with Crippen LogP contribution in [0, 0.1) is 5.82 Å². The molecule has 7 nitrogen and oxygen atoms in total. The minimum Gasteiger partial charge on any atom is -0.370 e. The Morgan fingerprint density at radius 3 is 2.60 bits per heavy atom. The second-order valence-electron chi connectivity index (χ2n) is 5.95. The Morgan fingerprint density at radius 1 is 1.28 bits per heavy atom. The molecule has 1 fully saturated rings. The van der Waals surface area contributed by atoms with E-state index in [2.05, 4.69) is 15.3 Å². The summed E-state index contributed by atoms with van der Waals surface area (Å²) >= 11 is 0. The fraction of sp³-hybridized carbons (Fsp3) is 0.353. The highest BCUT2D eigenvalue weighted by molar-refractivity contribution is 5.89. The number of carbonyl (C=O) groups excluding carboxylic acids is 1. The lowest BCUT2D eigenvalue weighted by atomic mass is 10.1. The second-order valence-corrected chi connectivity index (χ2v) is 5.95. The van der Waals surface area contributed by atoms with Crippen LogP contribution in [-0.2, 0) is 4.74 Å². The summed E-state index contributed by atoms with van der Waals surface area (Å²) in [6.07, 6.45) is 2.86. The zero-order valence-electron chi connectivity index (χ0n) is 14.1. The number of hydrogen-bond donors (Lipinski definition) is 1. The average molecular weight is 345 g/mol. The van der Waals surface area contributed by atoms with Crippen molar-refractivity contribution >= 4 is 17.7 Å². The van der Waals surface area contributed by atoms with Crippen LogP contribution in [0.5, 0.6) is 0 Å². The van der Waals surface area contributed by atoms with Gasteiger partial charge in [-0.05, 0) is 17.7 Å². The minimum absolute atomic E-state index is 0.239. The number of benzene rings is 1. The molecule has 2 heterocycles. The third kappa shape index (κ3) is 4.21. The van der Waals surface area contributed by atoms with Crippen molar-refractivity contribution < 1.29 is 13.9 Å². The summed E-state index contributed by atoms with van der Waals surface area (Å²) in [5.41, 5.74) is 1.37. The van der Waals surface area contributed by atoms with Crippen molar-refractivity contribution in [2.75, 3.05) is 44.0 Å². The first-order chi connectivity index (χ1) is 12.0. The summed E-state index contributed by atoms with van der Waals surface area (Å²) in [5, 5.41) is 2.79. The highest BCUT2D eigenvalue weighted by Crippen LogP contribution is 2.23. The van der Waals surface area contributed by atoms with Gasteiger partial charge in [0.2, 0.25) is 5.95 Å². The zero-order chi connectivity index (χ0) is 17.8. The molecular formula is C17H20FN5O2. The maximum Gasteiger partial charge on any atom is 0.322 e. The van der Waals surface area contributed by atoms with Crippen molar-refractivity contribution in [2.45, 2.75) is 6.10 Å². The van der Waals surface area contributed by atoms with Gasteiger partial charge in [-0.15, -0.1) is 0 Å². The number of aromatic nitrogens is 2. The smallest absolute Gasteiger partial charge is 0.322 e. The lowest BCUT2D eigenvalue weighted by molar-refractivity contribution is -0.0135. The molecule has 0 bridgehead atoms. The Balaban J connectivity index is 1.62. The molecule has 25 heavy (non-hydrogen) atoms. The summed E-state index contributed by atoms with van der Waals surface area (Å²) in [4.78, 5) is 24.2. The molecule has 0 saturated carbocycles. The van der Waals surface area contributed by atoms with Gasteiger partial charge in [0, 0.05) is 20.6 Å². The van der Waals surface area contributed by atoms with E-state index in [9.17, 15) is 9.18 Å². The molecule has 0 spiro atoms. The van der Waals surface area contributed by atoms with Crippen molar-refractivity contribution in [2.24, 2.45) is 0 Å². The van der Waals surface area contributed by atoms with Crippen molar-refractivity contribution in [3.05, 3.63) is 48.0 Å². The molecule has 1 aliphatic rings. The van der Waals surface area contributed by atoms with Gasteiger partial charge in [-0.3, -0.25) is 0 Å². The molecule has 3 rings (SSSR count). The summed E-state index contributed by atoms with van der Waals surface area (Å²) in [5.74, 6) is 0.274. The zero-order valence-corrected chi connectivity index (χ0v) is 14.1. The van der Waals surface area contributed by atoms with Gasteiger partial charge in [-0.25, -0.2) is 19.2 Å². The molecule has 1 aromatic carbocycles. The number of carbonyl (C=O) groups is 1. The van der Waals surface area contributed by atoms with Crippen LogP contribution in [0.25, 0.3) is 0 Å². The van der Waals surface area contributed by atoms with E-state index >= 15 is 0 Å². The van der Waals surface area contributed by atoms with Crippen molar-refractivity contribution in [1.82, 2.24) is 14.9 Å². The van der Waals surface area contributed by atoms with Gasteiger partial charge in [0.05, 0.1) is 31.2 Å². The Hall–Kier alpha value is -2.74. The number of halogens is 1. The van der Waals surface area contributed by atoms with Crippen LogP contribution >= 0.6 is 0 Å². The van der Waals surface area contributed by atoms with Gasteiger partial charge in [-0.2, -0.15) is 0 Å². The molecule has 1 atom stereocenters. The van der Waals surface area contributed by atoms with Crippen LogP contribution in [0.1, 0.15) is 11.7 Å². The molecule has 0 radical (unpaired) electrons. The first-order valence-electron chi connectivity index (χ1n) is 7.95. The van der Waals surface area contributed by atoms with Gasteiger partial charge >= 0.3 is 6.03 Å². The quantitative estimate of drug-likeness (QED) is 0.924. The fourth-order valence-electron chi connectivity index (χ4n) is 2.53. The Labute approximate surface area is 145 Å². The van der Waals surface area contributed by atoms with Crippen LogP contribution < -0.4 is 10.2 Å². The van der Waals surface area contributed by atoms with E-state index < -0.39 is 0 Å². The number of amides is 2. The largest absolute Gasteiger partial charge is 0.370 e. The van der Waals surface area contributed by atoms with Crippen LogP contribution in [-0.4, -0.2) is 54.7 Å². The topological polar surface area (TPSA) is 70.6 Å². The fourth-order valence-corrected chi connectivity index (χ4v) is 2.53. The number of nitrogens with zero attached hydrogens (tertiary/aromatic N) is 4. The molecule has 1 saturated heterocycles. The predicted octanol–water partition coefficient (Wildman–Crippen LogP) is 2.29. The first-order valence-corrected chi connectivity index (χ1v) is 7.95. The monoisotopic (exact) mass is 345 g/mol. The van der Waals surface area contributed by atoms with Crippen LogP contribution in [0.3, 0.4) is 0 Å². The van der Waals surface area contributed by atoms with Gasteiger partial charge in [-0.1, -0.05) is 12.1 Å². The minimum atomic E-state index is -0.296. The number of morpholine rings is 1. The van der Waals surface area contributed by atoms with Gasteiger partial charge in [0.1, 0.15) is 11.9 Å². The van der Waals surface area contributed by atoms with Crippen molar-refractivity contribution in [3.8, 4) is 0 Å². The average Bonchev–Trinajstić information content (AvgIpc) is 2.63. The van der Waals surface area contributed by atoms with E-state index in [-0.39, 0.29) is 18.0 Å². The number of rotatable bonds is 3. The normalized spacial score (nSPS) is 17.2. The van der Waals surface area contributed by atoms with Crippen molar-refractivity contribution in [3.63, 3.8) is 0 Å². The second kappa shape index (κ2) is 7.43.